The molecule has 1 aliphatic heterocycles. The molecule has 0 saturated carbocycles. The molecule has 2 aromatic rings. The molecule has 1 aromatic carbocycles. The van der Waals surface area contributed by atoms with Gasteiger partial charge in [-0.3, -0.25) is 4.79 Å². The van der Waals surface area contributed by atoms with Crippen LogP contribution in [0.25, 0.3) is 10.9 Å². The second-order valence-corrected chi connectivity index (χ2v) is 5.40. The van der Waals surface area contributed by atoms with Gasteiger partial charge in [-0.15, -0.1) is 0 Å². The summed E-state index contributed by atoms with van der Waals surface area (Å²) in [5, 5.41) is 4.48. The Hall–Kier alpha value is -1.65. The highest BCUT2D eigenvalue weighted by atomic mass is 16.5. The van der Waals surface area contributed by atoms with Crippen LogP contribution in [0.1, 0.15) is 18.4 Å². The second-order valence-electron chi connectivity index (χ2n) is 5.40. The fourth-order valence-corrected chi connectivity index (χ4v) is 2.69. The van der Waals surface area contributed by atoms with E-state index in [-0.39, 0.29) is 5.56 Å². The summed E-state index contributed by atoms with van der Waals surface area (Å²) in [5.74, 6) is 0.670. The van der Waals surface area contributed by atoms with E-state index in [4.69, 9.17) is 4.74 Å². The molecule has 4 nitrogen and oxygen atoms in total. The van der Waals surface area contributed by atoms with E-state index in [1.165, 1.54) is 0 Å². The number of aromatic nitrogens is 1. The van der Waals surface area contributed by atoms with Gasteiger partial charge >= 0.3 is 0 Å². The number of benzene rings is 1. The molecule has 20 heavy (non-hydrogen) atoms. The van der Waals surface area contributed by atoms with E-state index in [0.29, 0.717) is 12.5 Å². The Morgan fingerprint density at radius 1 is 1.25 bits per heavy atom. The van der Waals surface area contributed by atoms with Crippen molar-refractivity contribution in [3.8, 4) is 0 Å². The van der Waals surface area contributed by atoms with Crippen LogP contribution in [-0.4, -0.2) is 24.7 Å². The van der Waals surface area contributed by atoms with Crippen molar-refractivity contribution in [2.75, 3.05) is 19.8 Å². The first-order chi connectivity index (χ1) is 9.83. The van der Waals surface area contributed by atoms with Gasteiger partial charge in [0.25, 0.3) is 5.56 Å². The molecule has 0 spiro atoms. The second kappa shape index (κ2) is 6.20. The lowest BCUT2D eigenvalue weighted by molar-refractivity contribution is 0.0662. The summed E-state index contributed by atoms with van der Waals surface area (Å²) in [6.45, 7) is 3.30. The monoisotopic (exact) mass is 272 g/mol. The summed E-state index contributed by atoms with van der Waals surface area (Å²) >= 11 is 0. The Bertz CT molecular complexity index is 630. The van der Waals surface area contributed by atoms with E-state index in [1.807, 2.05) is 30.3 Å². The number of H-pyrrole nitrogens is 1. The number of rotatable bonds is 4. The lowest BCUT2D eigenvalue weighted by atomic mass is 10.0. The molecular formula is C16H20N2O2. The van der Waals surface area contributed by atoms with Crippen molar-refractivity contribution in [1.29, 1.82) is 0 Å². The van der Waals surface area contributed by atoms with Crippen molar-refractivity contribution >= 4 is 10.9 Å². The maximum atomic E-state index is 12.0. The van der Waals surface area contributed by atoms with Crippen molar-refractivity contribution in [2.45, 2.75) is 19.4 Å². The van der Waals surface area contributed by atoms with Gasteiger partial charge in [0.15, 0.2) is 0 Å². The highest BCUT2D eigenvalue weighted by Crippen LogP contribution is 2.14. The van der Waals surface area contributed by atoms with Crippen molar-refractivity contribution in [1.82, 2.24) is 10.3 Å². The highest BCUT2D eigenvalue weighted by Gasteiger charge is 2.13. The molecule has 0 aliphatic carbocycles. The molecule has 0 unspecified atom stereocenters. The summed E-state index contributed by atoms with van der Waals surface area (Å²) in [4.78, 5) is 14.9. The van der Waals surface area contributed by atoms with Crippen LogP contribution >= 0.6 is 0 Å². The number of pyridine rings is 1. The Morgan fingerprint density at radius 2 is 2.05 bits per heavy atom. The Morgan fingerprint density at radius 3 is 2.90 bits per heavy atom. The van der Waals surface area contributed by atoms with Gasteiger partial charge in [0, 0.05) is 30.8 Å². The third kappa shape index (κ3) is 3.08. The van der Waals surface area contributed by atoms with Gasteiger partial charge in [-0.1, -0.05) is 18.2 Å². The number of hydrogen-bond donors (Lipinski definition) is 2. The summed E-state index contributed by atoms with van der Waals surface area (Å²) < 4.78 is 5.35. The molecule has 4 heteroatoms. The lowest BCUT2D eigenvalue weighted by Crippen LogP contribution is -2.29. The first kappa shape index (κ1) is 13.3. The van der Waals surface area contributed by atoms with Gasteiger partial charge in [0.05, 0.1) is 0 Å². The Labute approximate surface area is 118 Å². The number of ether oxygens (including phenoxy) is 1. The molecular weight excluding hydrogens is 252 g/mol. The van der Waals surface area contributed by atoms with E-state index in [9.17, 15) is 4.79 Å². The summed E-state index contributed by atoms with van der Waals surface area (Å²) in [7, 11) is 0. The van der Waals surface area contributed by atoms with Gasteiger partial charge in [-0.25, -0.2) is 0 Å². The van der Waals surface area contributed by atoms with Gasteiger partial charge < -0.3 is 15.0 Å². The maximum Gasteiger partial charge on any atom is 0.252 e. The van der Waals surface area contributed by atoms with E-state index < -0.39 is 0 Å². The van der Waals surface area contributed by atoms with Crippen LogP contribution in [0.4, 0.5) is 0 Å². The van der Waals surface area contributed by atoms with Crippen LogP contribution in [0.15, 0.2) is 35.1 Å². The first-order valence-electron chi connectivity index (χ1n) is 7.22. The minimum atomic E-state index is 0.00294. The minimum Gasteiger partial charge on any atom is -0.381 e. The molecule has 3 rings (SSSR count). The molecule has 0 amide bonds. The van der Waals surface area contributed by atoms with E-state index >= 15 is 0 Å². The predicted octanol–water partition coefficient (Wildman–Crippen LogP) is 2.04. The van der Waals surface area contributed by atoms with E-state index in [0.717, 1.165) is 49.1 Å². The molecule has 0 atom stereocenters. The lowest BCUT2D eigenvalue weighted by Gasteiger charge is -2.22. The largest absolute Gasteiger partial charge is 0.381 e. The van der Waals surface area contributed by atoms with Gasteiger partial charge in [-0.2, -0.15) is 0 Å². The van der Waals surface area contributed by atoms with Gasteiger partial charge in [0.2, 0.25) is 0 Å². The third-order valence-electron chi connectivity index (χ3n) is 3.92. The standard InChI is InChI=1S/C16H20N2O2/c19-16-14(9-13-3-1-2-4-15(13)18-16)11-17-10-12-5-7-20-8-6-12/h1-4,9,12,17H,5-8,10-11H2,(H,18,19). The van der Waals surface area contributed by atoms with Crippen molar-refractivity contribution in [3.63, 3.8) is 0 Å². The quantitative estimate of drug-likeness (QED) is 0.895. The number of aromatic amines is 1. The zero-order chi connectivity index (χ0) is 13.8. The van der Waals surface area contributed by atoms with Crippen LogP contribution in [-0.2, 0) is 11.3 Å². The predicted molar refractivity (Wildman–Crippen MR) is 79.8 cm³/mol. The fraction of sp³-hybridized carbons (Fsp3) is 0.438. The van der Waals surface area contributed by atoms with Crippen LogP contribution in [0.2, 0.25) is 0 Å². The van der Waals surface area contributed by atoms with Crippen LogP contribution in [0.5, 0.6) is 0 Å². The third-order valence-corrected chi connectivity index (χ3v) is 3.92. The Balaban J connectivity index is 1.64. The number of nitrogens with one attached hydrogen (secondary N) is 2. The van der Waals surface area contributed by atoms with Crippen molar-refractivity contribution < 1.29 is 4.74 Å². The van der Waals surface area contributed by atoms with Crippen molar-refractivity contribution in [2.24, 2.45) is 5.92 Å². The number of para-hydroxylation sites is 1. The molecule has 0 radical (unpaired) electrons. The van der Waals surface area contributed by atoms with Crippen LogP contribution in [0, 0.1) is 5.92 Å². The topological polar surface area (TPSA) is 54.1 Å². The van der Waals surface area contributed by atoms with E-state index in [2.05, 4.69) is 10.3 Å². The van der Waals surface area contributed by atoms with Gasteiger partial charge in [-0.05, 0) is 42.8 Å². The molecule has 1 fully saturated rings. The minimum absolute atomic E-state index is 0.00294. The SMILES string of the molecule is O=c1[nH]c2ccccc2cc1CNCC1CCOCC1. The van der Waals surface area contributed by atoms with Crippen LogP contribution < -0.4 is 10.9 Å². The molecule has 0 bridgehead atoms. The van der Waals surface area contributed by atoms with E-state index in [1.54, 1.807) is 0 Å². The molecule has 1 saturated heterocycles. The average Bonchev–Trinajstić information content (AvgIpc) is 2.49. The molecule has 1 aromatic heterocycles. The van der Waals surface area contributed by atoms with Crippen molar-refractivity contribution in [3.05, 3.63) is 46.2 Å². The van der Waals surface area contributed by atoms with Crippen LogP contribution in [0.3, 0.4) is 0 Å². The normalized spacial score (nSPS) is 16.6. The molecule has 106 valence electrons. The zero-order valence-electron chi connectivity index (χ0n) is 11.5. The first-order valence-corrected chi connectivity index (χ1v) is 7.22. The highest BCUT2D eigenvalue weighted by molar-refractivity contribution is 5.78. The summed E-state index contributed by atoms with van der Waals surface area (Å²) in [6, 6.07) is 9.84. The molecule has 2 heterocycles. The summed E-state index contributed by atoms with van der Waals surface area (Å²) in [5.41, 5.74) is 1.70. The smallest absolute Gasteiger partial charge is 0.252 e. The zero-order valence-corrected chi connectivity index (χ0v) is 11.5. The number of fused-ring (bicyclic) bond motifs is 1. The molecule has 2 N–H and O–H groups in total. The summed E-state index contributed by atoms with van der Waals surface area (Å²) in [6.07, 6.45) is 2.22. The average molecular weight is 272 g/mol. The number of hydrogen-bond acceptors (Lipinski definition) is 3. The fourth-order valence-electron chi connectivity index (χ4n) is 2.69. The van der Waals surface area contributed by atoms with Gasteiger partial charge in [0.1, 0.15) is 0 Å². The maximum absolute atomic E-state index is 12.0. The Kier molecular flexibility index (Phi) is 4.14. The molecule has 1 aliphatic rings.